The van der Waals surface area contributed by atoms with Gasteiger partial charge in [0.1, 0.15) is 0 Å². The van der Waals surface area contributed by atoms with Crippen molar-refractivity contribution in [1.82, 2.24) is 14.7 Å². The Balaban J connectivity index is 3.73. The Bertz CT molecular complexity index is 853. The summed E-state index contributed by atoms with van der Waals surface area (Å²) in [5, 5.41) is 0. The highest BCUT2D eigenvalue weighted by molar-refractivity contribution is 7.71. The number of hydrogen-bond donors (Lipinski definition) is 12. The lowest BCUT2D eigenvalue weighted by atomic mass is 10.5. The van der Waals surface area contributed by atoms with Gasteiger partial charge >= 0.3 is 45.6 Å². The third-order valence-electron chi connectivity index (χ3n) is 4.81. The van der Waals surface area contributed by atoms with E-state index < -0.39 is 101 Å². The molecule has 21 nitrogen and oxygen atoms in total. The maximum Gasteiger partial charge on any atom is 0.354 e. The first-order chi connectivity index (χ1) is 15.7. The summed E-state index contributed by atoms with van der Waals surface area (Å²) in [6.07, 6.45) is 0. The van der Waals surface area contributed by atoms with Crippen molar-refractivity contribution in [3.8, 4) is 0 Å². The smallest absolute Gasteiger partial charge is 0.323 e. The van der Waals surface area contributed by atoms with Crippen molar-refractivity contribution in [3.63, 3.8) is 0 Å². The molecule has 1 aliphatic rings. The van der Waals surface area contributed by atoms with Crippen molar-refractivity contribution in [2.75, 3.05) is 39.3 Å². The van der Waals surface area contributed by atoms with Gasteiger partial charge in [0.05, 0.1) is 0 Å². The Morgan fingerprint density at radius 1 is 0.333 bits per heavy atom. The molecular weight excluding hydrogens is 624 g/mol. The van der Waals surface area contributed by atoms with Crippen molar-refractivity contribution < 1.29 is 86.1 Å². The highest BCUT2D eigenvalue weighted by atomic mass is 31.2. The third kappa shape index (κ3) is 9.76. The van der Waals surface area contributed by atoms with Gasteiger partial charge < -0.3 is 58.7 Å². The molecule has 0 amide bonds. The summed E-state index contributed by atoms with van der Waals surface area (Å²) >= 11 is 0. The van der Waals surface area contributed by atoms with Crippen molar-refractivity contribution >= 4 is 45.6 Å². The van der Waals surface area contributed by atoms with Crippen LogP contribution in [0.5, 0.6) is 0 Å². The molecule has 0 spiro atoms. The molecule has 12 N–H and O–H groups in total. The van der Waals surface area contributed by atoms with Crippen LogP contribution >= 0.6 is 45.6 Å². The van der Waals surface area contributed by atoms with E-state index in [1.165, 1.54) is 0 Å². The summed E-state index contributed by atoms with van der Waals surface area (Å²) in [5.41, 5.74) is -8.75. The Morgan fingerprint density at radius 2 is 0.444 bits per heavy atom. The Morgan fingerprint density at radius 3 is 0.528 bits per heavy atom. The van der Waals surface area contributed by atoms with Gasteiger partial charge in [0, 0.05) is 39.3 Å². The van der Waals surface area contributed by atoms with Crippen LogP contribution in [-0.2, 0) is 27.4 Å². The molecule has 1 heterocycles. The lowest BCUT2D eigenvalue weighted by Gasteiger charge is -2.35. The lowest BCUT2D eigenvalue weighted by Crippen LogP contribution is -2.44. The predicted octanol–water partition coefficient (Wildman–Crippen LogP) is -3.18. The minimum atomic E-state index is -5.72. The number of nitrogens with zero attached hydrogens (tertiary/aromatic N) is 3. The van der Waals surface area contributed by atoms with E-state index in [-0.39, 0.29) is 0 Å². The van der Waals surface area contributed by atoms with Gasteiger partial charge in [0.25, 0.3) is 0 Å². The highest BCUT2D eigenvalue weighted by Crippen LogP contribution is 2.64. The van der Waals surface area contributed by atoms with E-state index in [1.54, 1.807) is 0 Å². The van der Waals surface area contributed by atoms with Crippen LogP contribution in [0.3, 0.4) is 0 Å². The minimum Gasteiger partial charge on any atom is -0.323 e. The number of rotatable bonds is 9. The van der Waals surface area contributed by atoms with E-state index >= 15 is 0 Å². The van der Waals surface area contributed by atoms with Crippen LogP contribution in [-0.4, -0.2) is 129 Å². The van der Waals surface area contributed by atoms with Gasteiger partial charge in [-0.1, -0.05) is 0 Å². The zero-order valence-corrected chi connectivity index (χ0v) is 23.2. The van der Waals surface area contributed by atoms with E-state index in [4.69, 9.17) is 0 Å². The van der Waals surface area contributed by atoms with Gasteiger partial charge in [0.15, 0.2) is 0 Å². The topological polar surface area (TPSA) is 355 Å². The molecule has 0 aromatic rings. The zero-order valence-electron chi connectivity index (χ0n) is 17.8. The van der Waals surface area contributed by atoms with Crippen LogP contribution in [0.15, 0.2) is 0 Å². The first kappa shape index (κ1) is 34.8. The summed E-state index contributed by atoms with van der Waals surface area (Å²) in [5.74, 6) is 0. The van der Waals surface area contributed by atoms with E-state index in [1.807, 2.05) is 0 Å². The molecule has 0 saturated carbocycles. The Kier molecular flexibility index (Phi) is 11.3. The lowest BCUT2D eigenvalue weighted by molar-refractivity contribution is 0.184. The Labute approximate surface area is 202 Å². The average molecular weight is 651 g/mol. The summed E-state index contributed by atoms with van der Waals surface area (Å²) in [4.78, 5) is 115. The molecule has 0 radical (unpaired) electrons. The normalized spacial score (nSPS) is 20.1. The molecule has 0 atom stereocenters. The fourth-order valence-electron chi connectivity index (χ4n) is 3.66. The minimum absolute atomic E-state index is 0.333. The zero-order chi connectivity index (χ0) is 28.7. The quantitative estimate of drug-likeness (QED) is 0.109. The third-order valence-corrected chi connectivity index (χ3v) is 15.8. The van der Waals surface area contributed by atoms with Crippen molar-refractivity contribution in [2.45, 2.75) is 16.6 Å². The molecular formula is C9H27N3O18P6. The van der Waals surface area contributed by atoms with E-state index in [2.05, 4.69) is 0 Å². The summed E-state index contributed by atoms with van der Waals surface area (Å²) in [6, 6.07) is 0. The van der Waals surface area contributed by atoms with Gasteiger partial charge in [-0.25, -0.2) is 0 Å². The molecule has 1 aliphatic heterocycles. The van der Waals surface area contributed by atoms with Gasteiger partial charge in [-0.05, 0) is 0 Å². The molecule has 216 valence electrons. The van der Waals surface area contributed by atoms with Crippen LogP contribution in [0.1, 0.15) is 0 Å². The standard InChI is InChI=1S/C9H27N3O18P6/c13-31(14,15)7(32(16,17)18)10-1-2-11(8(33(19,20)21)34(22,23)24)5-6-12(4-3-10)9(35(25,26)27)36(28,29)30/h7-9H,1-6H2,(H2,13,14,15)(H2,16,17,18)(H2,19,20,21)(H2,22,23,24)(H2,25,26,27)(H2,28,29,30). The SMILES string of the molecule is O=P(O)(O)C(N1CCN(C(P(=O)(O)O)P(=O)(O)O)CCN(C(P(=O)(O)O)P(=O)(O)O)CC1)P(=O)(O)O. The van der Waals surface area contributed by atoms with Crippen molar-refractivity contribution in [1.29, 1.82) is 0 Å². The van der Waals surface area contributed by atoms with Gasteiger partial charge in [0.2, 0.25) is 16.6 Å². The fraction of sp³-hybridized carbons (Fsp3) is 1.00. The highest BCUT2D eigenvalue weighted by Gasteiger charge is 2.53. The van der Waals surface area contributed by atoms with Crippen LogP contribution in [0, 0.1) is 0 Å². The maximum atomic E-state index is 11.9. The van der Waals surface area contributed by atoms with Gasteiger partial charge in [-0.3, -0.25) is 42.1 Å². The molecule has 0 bridgehead atoms. The van der Waals surface area contributed by atoms with Crippen molar-refractivity contribution in [2.24, 2.45) is 0 Å². The molecule has 1 rings (SSSR count). The molecule has 0 aromatic carbocycles. The first-order valence-corrected chi connectivity index (χ1v) is 19.3. The molecule has 1 fully saturated rings. The Hall–Kier alpha value is 0.780. The first-order valence-electron chi connectivity index (χ1n) is 9.22. The summed E-state index contributed by atoms with van der Waals surface area (Å²) in [6.45, 7) is -5.49. The second-order valence-corrected chi connectivity index (χ2v) is 18.9. The summed E-state index contributed by atoms with van der Waals surface area (Å²) < 4.78 is 71.2. The fourth-order valence-corrected chi connectivity index (χ4v) is 12.3. The van der Waals surface area contributed by atoms with Crippen LogP contribution in [0.2, 0.25) is 0 Å². The molecule has 36 heavy (non-hydrogen) atoms. The monoisotopic (exact) mass is 651 g/mol. The largest absolute Gasteiger partial charge is 0.354 e. The molecule has 0 aromatic heterocycles. The van der Waals surface area contributed by atoms with Gasteiger partial charge in [-0.2, -0.15) is 0 Å². The van der Waals surface area contributed by atoms with E-state index in [0.29, 0.717) is 14.7 Å². The summed E-state index contributed by atoms with van der Waals surface area (Å²) in [7, 11) is -34.3. The number of hydrogen-bond acceptors (Lipinski definition) is 9. The van der Waals surface area contributed by atoms with Gasteiger partial charge in [-0.15, -0.1) is 0 Å². The molecule has 0 aliphatic carbocycles. The van der Waals surface area contributed by atoms with Crippen LogP contribution in [0.4, 0.5) is 0 Å². The van der Waals surface area contributed by atoms with Crippen molar-refractivity contribution in [3.05, 3.63) is 0 Å². The molecule has 0 unspecified atom stereocenters. The van der Waals surface area contributed by atoms with Crippen LogP contribution < -0.4 is 0 Å². The van der Waals surface area contributed by atoms with Crippen LogP contribution in [0.25, 0.3) is 0 Å². The molecule has 1 saturated heterocycles. The van der Waals surface area contributed by atoms with E-state index in [9.17, 15) is 86.1 Å². The van der Waals surface area contributed by atoms with E-state index in [0.717, 1.165) is 0 Å². The average Bonchev–Trinajstić information content (AvgIpc) is 2.60. The predicted molar refractivity (Wildman–Crippen MR) is 118 cm³/mol. The second-order valence-electron chi connectivity index (χ2n) is 7.68. The second kappa shape index (κ2) is 11.7. The maximum absolute atomic E-state index is 11.9. The molecule has 27 heteroatoms.